The number of guanidine groups is 1. The lowest BCUT2D eigenvalue weighted by atomic mass is 9.85. The first-order chi connectivity index (χ1) is 12.2. The van der Waals surface area contributed by atoms with Gasteiger partial charge in [0.15, 0.2) is 5.96 Å². The Balaban J connectivity index is 0.00000338. The van der Waals surface area contributed by atoms with Crippen LogP contribution in [0.25, 0.3) is 0 Å². The van der Waals surface area contributed by atoms with E-state index in [9.17, 15) is 0 Å². The van der Waals surface area contributed by atoms with E-state index in [1.165, 1.54) is 44.9 Å². The van der Waals surface area contributed by atoms with E-state index < -0.39 is 0 Å². The van der Waals surface area contributed by atoms with Crippen LogP contribution in [0.1, 0.15) is 71.5 Å². The minimum atomic E-state index is 0. The van der Waals surface area contributed by atoms with Gasteiger partial charge in [-0.05, 0) is 32.6 Å². The summed E-state index contributed by atoms with van der Waals surface area (Å²) in [6, 6.07) is 0.459. The minimum Gasteiger partial charge on any atom is -0.357 e. The van der Waals surface area contributed by atoms with E-state index in [0.29, 0.717) is 6.04 Å². The van der Waals surface area contributed by atoms with Crippen LogP contribution in [0, 0.1) is 5.92 Å². The maximum absolute atomic E-state index is 4.72. The first-order valence-corrected chi connectivity index (χ1v) is 10.1. The molecule has 1 aliphatic carbocycles. The number of rotatable bonds is 9. The molecule has 1 aliphatic rings. The molecular formula is C19H37IN6. The molecular weight excluding hydrogens is 439 g/mol. The topological polar surface area (TPSA) is 67.1 Å². The monoisotopic (exact) mass is 476 g/mol. The van der Waals surface area contributed by atoms with Gasteiger partial charge in [-0.25, -0.2) is 0 Å². The minimum absolute atomic E-state index is 0. The van der Waals surface area contributed by atoms with Crippen LogP contribution in [-0.4, -0.2) is 39.9 Å². The van der Waals surface area contributed by atoms with E-state index in [0.717, 1.165) is 43.8 Å². The molecule has 150 valence electrons. The predicted octanol–water partition coefficient (Wildman–Crippen LogP) is 3.76. The first-order valence-electron chi connectivity index (χ1n) is 10.1. The summed E-state index contributed by atoms with van der Waals surface area (Å²) in [5.74, 6) is 2.89. The standard InChI is InChI=1S/C19H36N6.HI/c1-4-18-24-22-15-25(18)14-13-21-19(20-5-2)23-16(3)11-12-17-9-7-6-8-10-17;/h15-17H,4-14H2,1-3H3,(H2,20,21,23);1H. The Bertz CT molecular complexity index is 510. The van der Waals surface area contributed by atoms with Crippen LogP contribution in [0.15, 0.2) is 11.3 Å². The molecule has 26 heavy (non-hydrogen) atoms. The summed E-state index contributed by atoms with van der Waals surface area (Å²) in [6.45, 7) is 8.92. The fraction of sp³-hybridized carbons (Fsp3) is 0.842. The van der Waals surface area contributed by atoms with Gasteiger partial charge in [0.2, 0.25) is 0 Å². The van der Waals surface area contributed by atoms with E-state index in [2.05, 4.69) is 46.2 Å². The molecule has 0 spiro atoms. The second-order valence-electron chi connectivity index (χ2n) is 7.18. The van der Waals surface area contributed by atoms with E-state index >= 15 is 0 Å². The van der Waals surface area contributed by atoms with Crippen molar-refractivity contribution in [1.29, 1.82) is 0 Å². The average Bonchev–Trinajstić information content (AvgIpc) is 3.08. The van der Waals surface area contributed by atoms with Crippen LogP contribution >= 0.6 is 24.0 Å². The van der Waals surface area contributed by atoms with Gasteiger partial charge < -0.3 is 15.2 Å². The van der Waals surface area contributed by atoms with Gasteiger partial charge in [0.25, 0.3) is 0 Å². The lowest BCUT2D eigenvalue weighted by Crippen LogP contribution is -2.42. The van der Waals surface area contributed by atoms with Crippen LogP contribution < -0.4 is 10.6 Å². The van der Waals surface area contributed by atoms with Crippen LogP contribution in [0.2, 0.25) is 0 Å². The Labute approximate surface area is 176 Å². The molecule has 7 heteroatoms. The highest BCUT2D eigenvalue weighted by Crippen LogP contribution is 2.27. The maximum atomic E-state index is 4.72. The summed E-state index contributed by atoms with van der Waals surface area (Å²) in [6.07, 6.45) is 12.4. The molecule has 0 saturated heterocycles. The summed E-state index contributed by atoms with van der Waals surface area (Å²) in [5.41, 5.74) is 0. The number of aryl methyl sites for hydroxylation is 1. The summed E-state index contributed by atoms with van der Waals surface area (Å²) < 4.78 is 2.08. The van der Waals surface area contributed by atoms with Crippen molar-refractivity contribution in [3.05, 3.63) is 12.2 Å². The van der Waals surface area contributed by atoms with Gasteiger partial charge in [-0.1, -0.05) is 39.0 Å². The quantitative estimate of drug-likeness (QED) is 0.324. The highest BCUT2D eigenvalue weighted by molar-refractivity contribution is 14.0. The molecule has 1 saturated carbocycles. The Morgan fingerprint density at radius 2 is 2.08 bits per heavy atom. The number of nitrogens with one attached hydrogen (secondary N) is 2. The fourth-order valence-electron chi connectivity index (χ4n) is 3.60. The highest BCUT2D eigenvalue weighted by atomic mass is 127. The lowest BCUT2D eigenvalue weighted by molar-refractivity contribution is 0.322. The molecule has 0 aliphatic heterocycles. The van der Waals surface area contributed by atoms with E-state index in [-0.39, 0.29) is 24.0 Å². The molecule has 1 aromatic heterocycles. The molecule has 1 aromatic rings. The largest absolute Gasteiger partial charge is 0.357 e. The molecule has 0 bridgehead atoms. The van der Waals surface area contributed by atoms with Gasteiger partial charge in [0.1, 0.15) is 12.2 Å². The van der Waals surface area contributed by atoms with Crippen LogP contribution in [0.4, 0.5) is 0 Å². The van der Waals surface area contributed by atoms with E-state index in [1.54, 1.807) is 6.33 Å². The Kier molecular flexibility index (Phi) is 11.9. The normalized spacial score (nSPS) is 16.8. The molecule has 1 unspecified atom stereocenters. The third-order valence-corrected chi connectivity index (χ3v) is 5.08. The van der Waals surface area contributed by atoms with E-state index in [1.807, 2.05) is 0 Å². The molecule has 2 N–H and O–H groups in total. The average molecular weight is 476 g/mol. The van der Waals surface area contributed by atoms with Crippen molar-refractivity contribution < 1.29 is 0 Å². The number of nitrogens with zero attached hydrogens (tertiary/aromatic N) is 4. The number of halogens is 1. The van der Waals surface area contributed by atoms with Crippen molar-refractivity contribution in [2.24, 2.45) is 10.9 Å². The highest BCUT2D eigenvalue weighted by Gasteiger charge is 2.15. The van der Waals surface area contributed by atoms with Crippen molar-refractivity contribution in [2.45, 2.75) is 84.7 Å². The van der Waals surface area contributed by atoms with Crippen molar-refractivity contribution in [2.75, 3.05) is 13.1 Å². The third-order valence-electron chi connectivity index (χ3n) is 5.08. The SMILES string of the molecule is CCNC(=NCCn1cnnc1CC)NC(C)CCC1CCCCC1.I. The molecule has 1 fully saturated rings. The van der Waals surface area contributed by atoms with Crippen molar-refractivity contribution in [3.8, 4) is 0 Å². The number of hydrogen-bond acceptors (Lipinski definition) is 3. The molecule has 0 amide bonds. The van der Waals surface area contributed by atoms with Crippen molar-refractivity contribution >= 4 is 29.9 Å². The van der Waals surface area contributed by atoms with Gasteiger partial charge >= 0.3 is 0 Å². The van der Waals surface area contributed by atoms with Crippen LogP contribution in [0.3, 0.4) is 0 Å². The fourth-order valence-corrected chi connectivity index (χ4v) is 3.60. The predicted molar refractivity (Wildman–Crippen MR) is 119 cm³/mol. The Morgan fingerprint density at radius 3 is 2.77 bits per heavy atom. The molecule has 0 aromatic carbocycles. The maximum Gasteiger partial charge on any atom is 0.191 e. The van der Waals surface area contributed by atoms with Gasteiger partial charge in [-0.15, -0.1) is 34.2 Å². The van der Waals surface area contributed by atoms with Crippen LogP contribution in [-0.2, 0) is 13.0 Å². The molecule has 0 radical (unpaired) electrons. The van der Waals surface area contributed by atoms with Gasteiger partial charge in [0.05, 0.1) is 6.54 Å². The second kappa shape index (κ2) is 13.3. The summed E-state index contributed by atoms with van der Waals surface area (Å²) in [5, 5.41) is 15.0. The molecule has 1 atom stereocenters. The first kappa shape index (κ1) is 23.2. The lowest BCUT2D eigenvalue weighted by Gasteiger charge is -2.24. The van der Waals surface area contributed by atoms with Crippen molar-refractivity contribution in [3.63, 3.8) is 0 Å². The van der Waals surface area contributed by atoms with Crippen LogP contribution in [0.5, 0.6) is 0 Å². The summed E-state index contributed by atoms with van der Waals surface area (Å²) >= 11 is 0. The zero-order valence-corrected chi connectivity index (χ0v) is 19.0. The zero-order valence-electron chi connectivity index (χ0n) is 16.7. The number of aliphatic imine (C=N–C) groups is 1. The number of aromatic nitrogens is 3. The smallest absolute Gasteiger partial charge is 0.191 e. The Hall–Kier alpha value is -0.860. The van der Waals surface area contributed by atoms with Gasteiger partial charge in [-0.2, -0.15) is 0 Å². The number of hydrogen-bond donors (Lipinski definition) is 2. The molecule has 6 nitrogen and oxygen atoms in total. The summed E-state index contributed by atoms with van der Waals surface area (Å²) in [7, 11) is 0. The van der Waals surface area contributed by atoms with E-state index in [4.69, 9.17) is 4.99 Å². The van der Waals surface area contributed by atoms with Gasteiger partial charge in [0, 0.05) is 25.6 Å². The van der Waals surface area contributed by atoms with Crippen molar-refractivity contribution in [1.82, 2.24) is 25.4 Å². The second-order valence-corrected chi connectivity index (χ2v) is 7.18. The Morgan fingerprint density at radius 1 is 1.31 bits per heavy atom. The zero-order chi connectivity index (χ0) is 17.9. The third kappa shape index (κ3) is 8.22. The van der Waals surface area contributed by atoms with Gasteiger partial charge in [-0.3, -0.25) is 4.99 Å². The molecule has 1 heterocycles. The summed E-state index contributed by atoms with van der Waals surface area (Å²) in [4.78, 5) is 4.72. The molecule has 2 rings (SSSR count).